The summed E-state index contributed by atoms with van der Waals surface area (Å²) < 4.78 is 0. The Kier molecular flexibility index (Phi) is 4.48. The topological polar surface area (TPSA) is 101 Å². The third-order valence-electron chi connectivity index (χ3n) is 3.40. The van der Waals surface area contributed by atoms with Crippen molar-refractivity contribution in [3.8, 4) is 0 Å². The molecule has 1 aromatic heterocycles. The van der Waals surface area contributed by atoms with E-state index in [0.29, 0.717) is 16.4 Å². The van der Waals surface area contributed by atoms with Crippen LogP contribution < -0.4 is 5.32 Å². The molecule has 122 valence electrons. The zero-order chi connectivity index (χ0) is 17.1. The average Bonchev–Trinajstić information content (AvgIpc) is 2.97. The van der Waals surface area contributed by atoms with E-state index in [4.69, 9.17) is 0 Å². The molecule has 3 rings (SSSR count). The van der Waals surface area contributed by atoms with Crippen LogP contribution in [0.15, 0.2) is 47.6 Å². The van der Waals surface area contributed by atoms with Crippen LogP contribution in [-0.4, -0.2) is 26.6 Å². The van der Waals surface area contributed by atoms with Crippen LogP contribution in [0.25, 0.3) is 11.0 Å². The second kappa shape index (κ2) is 6.71. The summed E-state index contributed by atoms with van der Waals surface area (Å²) in [5.74, 6) is -0.00612. The van der Waals surface area contributed by atoms with E-state index >= 15 is 0 Å². The monoisotopic (exact) mass is 342 g/mol. The smallest absolute Gasteiger partial charge is 0.269 e. The van der Waals surface area contributed by atoms with Gasteiger partial charge in [0.15, 0.2) is 5.16 Å². The van der Waals surface area contributed by atoms with Crippen LogP contribution in [0, 0.1) is 17.0 Å². The van der Waals surface area contributed by atoms with Gasteiger partial charge in [0.25, 0.3) is 5.69 Å². The number of aromatic amines is 1. The molecular weight excluding hydrogens is 328 g/mol. The average molecular weight is 342 g/mol. The third-order valence-corrected chi connectivity index (χ3v) is 4.28. The Morgan fingerprint density at radius 1 is 1.33 bits per heavy atom. The van der Waals surface area contributed by atoms with Crippen molar-refractivity contribution in [2.24, 2.45) is 0 Å². The molecule has 0 fully saturated rings. The quantitative estimate of drug-likeness (QED) is 0.420. The van der Waals surface area contributed by atoms with Crippen LogP contribution >= 0.6 is 11.8 Å². The summed E-state index contributed by atoms with van der Waals surface area (Å²) in [4.78, 5) is 29.9. The highest BCUT2D eigenvalue weighted by atomic mass is 32.2. The molecule has 0 radical (unpaired) electrons. The van der Waals surface area contributed by atoms with Crippen LogP contribution in [0.2, 0.25) is 0 Å². The maximum absolute atomic E-state index is 12.1. The minimum atomic E-state index is -0.462. The minimum Gasteiger partial charge on any atom is -0.333 e. The van der Waals surface area contributed by atoms with Gasteiger partial charge in [-0.2, -0.15) is 0 Å². The van der Waals surface area contributed by atoms with E-state index < -0.39 is 4.92 Å². The molecule has 0 spiro atoms. The molecule has 0 aliphatic carbocycles. The number of non-ortho nitro benzene ring substituents is 1. The standard InChI is InChI=1S/C16H14N4O3S/c1-10-8-11(20(22)23)6-7-12(10)17-15(21)9-24-16-18-13-4-2-3-5-14(13)19-16/h2-8H,9H2,1H3,(H,17,21)(H,18,19). The number of hydrogen-bond acceptors (Lipinski definition) is 5. The number of thioether (sulfide) groups is 1. The van der Waals surface area contributed by atoms with Gasteiger partial charge < -0.3 is 10.3 Å². The Balaban J connectivity index is 1.62. The molecule has 0 aliphatic heterocycles. The molecule has 3 aromatic rings. The molecule has 24 heavy (non-hydrogen) atoms. The van der Waals surface area contributed by atoms with Gasteiger partial charge >= 0.3 is 0 Å². The van der Waals surface area contributed by atoms with Gasteiger partial charge in [0, 0.05) is 17.8 Å². The molecule has 1 amide bonds. The number of nitrogens with zero attached hydrogens (tertiary/aromatic N) is 2. The summed E-state index contributed by atoms with van der Waals surface area (Å²) in [7, 11) is 0. The van der Waals surface area contributed by atoms with Crippen LogP contribution in [-0.2, 0) is 4.79 Å². The molecule has 0 saturated carbocycles. The number of nitro groups is 1. The van der Waals surface area contributed by atoms with Crippen LogP contribution in [0.1, 0.15) is 5.56 Å². The summed E-state index contributed by atoms with van der Waals surface area (Å²) in [5.41, 5.74) is 2.99. The molecule has 1 heterocycles. The number of imidazole rings is 1. The van der Waals surface area contributed by atoms with E-state index in [1.165, 1.54) is 30.0 Å². The fourth-order valence-corrected chi connectivity index (χ4v) is 2.90. The normalized spacial score (nSPS) is 10.7. The number of aryl methyl sites for hydroxylation is 1. The van der Waals surface area contributed by atoms with Gasteiger partial charge in [0.05, 0.1) is 21.7 Å². The lowest BCUT2D eigenvalue weighted by Crippen LogP contribution is -2.15. The van der Waals surface area contributed by atoms with Crippen LogP contribution in [0.4, 0.5) is 11.4 Å². The van der Waals surface area contributed by atoms with Crippen molar-refractivity contribution in [3.63, 3.8) is 0 Å². The summed E-state index contributed by atoms with van der Waals surface area (Å²) in [6.07, 6.45) is 0. The number of rotatable bonds is 5. The van der Waals surface area contributed by atoms with Gasteiger partial charge in [-0.3, -0.25) is 14.9 Å². The number of aromatic nitrogens is 2. The van der Waals surface area contributed by atoms with Crippen molar-refractivity contribution < 1.29 is 9.72 Å². The van der Waals surface area contributed by atoms with Gasteiger partial charge in [-0.25, -0.2) is 4.98 Å². The first-order chi connectivity index (χ1) is 11.5. The first kappa shape index (κ1) is 16.0. The van der Waals surface area contributed by atoms with Gasteiger partial charge in [-0.15, -0.1) is 0 Å². The van der Waals surface area contributed by atoms with Gasteiger partial charge in [-0.1, -0.05) is 23.9 Å². The number of fused-ring (bicyclic) bond motifs is 1. The van der Waals surface area contributed by atoms with Gasteiger partial charge in [0.2, 0.25) is 5.91 Å². The molecule has 7 nitrogen and oxygen atoms in total. The fraction of sp³-hybridized carbons (Fsp3) is 0.125. The molecule has 0 unspecified atom stereocenters. The van der Waals surface area contributed by atoms with E-state index in [1.54, 1.807) is 6.92 Å². The van der Waals surface area contributed by atoms with Crippen molar-refractivity contribution in [2.45, 2.75) is 12.1 Å². The summed E-state index contributed by atoms with van der Waals surface area (Å²) in [5, 5.41) is 14.2. The van der Waals surface area contributed by atoms with Gasteiger partial charge in [-0.05, 0) is 30.7 Å². The second-order valence-corrected chi connectivity index (χ2v) is 6.12. The number of para-hydroxylation sites is 2. The first-order valence-corrected chi connectivity index (χ1v) is 8.14. The van der Waals surface area contributed by atoms with E-state index in [9.17, 15) is 14.9 Å². The number of benzene rings is 2. The Labute approximate surface area is 141 Å². The molecule has 0 bridgehead atoms. The second-order valence-electron chi connectivity index (χ2n) is 5.15. The highest BCUT2D eigenvalue weighted by Gasteiger charge is 2.11. The number of amides is 1. The highest BCUT2D eigenvalue weighted by Crippen LogP contribution is 2.22. The van der Waals surface area contributed by atoms with E-state index in [2.05, 4.69) is 15.3 Å². The largest absolute Gasteiger partial charge is 0.333 e. The van der Waals surface area contributed by atoms with Crippen molar-refractivity contribution >= 4 is 40.1 Å². The van der Waals surface area contributed by atoms with Crippen molar-refractivity contribution in [1.82, 2.24) is 9.97 Å². The number of hydrogen-bond donors (Lipinski definition) is 2. The Morgan fingerprint density at radius 2 is 2.12 bits per heavy atom. The number of nitrogens with one attached hydrogen (secondary N) is 2. The number of anilines is 1. The zero-order valence-electron chi connectivity index (χ0n) is 12.8. The number of H-pyrrole nitrogens is 1. The number of nitro benzene ring substituents is 1. The number of carbonyl (C=O) groups excluding carboxylic acids is 1. The summed E-state index contributed by atoms with van der Waals surface area (Å²) in [6.45, 7) is 1.72. The Bertz CT molecular complexity index is 890. The molecule has 8 heteroatoms. The van der Waals surface area contributed by atoms with Crippen LogP contribution in [0.3, 0.4) is 0 Å². The molecule has 2 aromatic carbocycles. The van der Waals surface area contributed by atoms with E-state index in [0.717, 1.165) is 11.0 Å². The maximum Gasteiger partial charge on any atom is 0.269 e. The molecule has 0 saturated heterocycles. The molecule has 2 N–H and O–H groups in total. The zero-order valence-corrected chi connectivity index (χ0v) is 13.6. The molecule has 0 aliphatic rings. The summed E-state index contributed by atoms with van der Waals surface area (Å²) >= 11 is 1.30. The highest BCUT2D eigenvalue weighted by molar-refractivity contribution is 7.99. The molecule has 0 atom stereocenters. The Hall–Kier alpha value is -2.87. The predicted octanol–water partition coefficient (Wildman–Crippen LogP) is 3.51. The third kappa shape index (κ3) is 3.54. The summed E-state index contributed by atoms with van der Waals surface area (Å²) in [6, 6.07) is 12.0. The van der Waals surface area contributed by atoms with Crippen molar-refractivity contribution in [2.75, 3.05) is 11.1 Å². The fourth-order valence-electron chi connectivity index (χ4n) is 2.22. The SMILES string of the molecule is Cc1cc([N+](=O)[O-])ccc1NC(=O)CSc1nc2ccccc2[nH]1. The van der Waals surface area contributed by atoms with Gasteiger partial charge in [0.1, 0.15) is 0 Å². The van der Waals surface area contributed by atoms with Crippen molar-refractivity contribution in [3.05, 3.63) is 58.1 Å². The van der Waals surface area contributed by atoms with Crippen LogP contribution in [0.5, 0.6) is 0 Å². The number of carbonyl (C=O) groups is 1. The van der Waals surface area contributed by atoms with E-state index in [-0.39, 0.29) is 17.3 Å². The lowest BCUT2D eigenvalue weighted by atomic mass is 10.2. The van der Waals surface area contributed by atoms with E-state index in [1.807, 2.05) is 24.3 Å². The minimum absolute atomic E-state index is 0.00199. The lowest BCUT2D eigenvalue weighted by molar-refractivity contribution is -0.384. The molecular formula is C16H14N4O3S. The predicted molar refractivity (Wildman–Crippen MR) is 93.3 cm³/mol. The maximum atomic E-state index is 12.1. The lowest BCUT2D eigenvalue weighted by Gasteiger charge is -2.07. The Morgan fingerprint density at radius 3 is 2.83 bits per heavy atom. The van der Waals surface area contributed by atoms with Crippen molar-refractivity contribution in [1.29, 1.82) is 0 Å². The first-order valence-electron chi connectivity index (χ1n) is 7.15.